The molecular weight excluding hydrogens is 328 g/mol. The number of carbonyl (C=O) groups excluding carboxylic acids is 2. The molecule has 1 fully saturated rings. The molecule has 5 heteroatoms. The molecule has 4 atom stereocenters. The molecule has 1 rings (SSSR count). The van der Waals surface area contributed by atoms with Gasteiger partial charge in [0.1, 0.15) is 6.10 Å². The lowest BCUT2D eigenvalue weighted by atomic mass is 9.79. The fourth-order valence-corrected chi connectivity index (χ4v) is 4.15. The van der Waals surface area contributed by atoms with Crippen molar-refractivity contribution in [1.29, 1.82) is 0 Å². The predicted molar refractivity (Wildman–Crippen MR) is 106 cm³/mol. The summed E-state index contributed by atoms with van der Waals surface area (Å²) in [4.78, 5) is 24.0. The van der Waals surface area contributed by atoms with Crippen LogP contribution in [0.15, 0.2) is 0 Å². The fraction of sp³-hybridized carbons (Fsp3) is 0.905. The third-order valence-electron chi connectivity index (χ3n) is 5.56. The van der Waals surface area contributed by atoms with Crippen LogP contribution in [0.4, 0.5) is 0 Å². The molecule has 0 radical (unpaired) electrons. The first-order chi connectivity index (χ1) is 12.2. The van der Waals surface area contributed by atoms with Crippen molar-refractivity contribution in [2.24, 2.45) is 29.4 Å². The average molecular weight is 369 g/mol. The van der Waals surface area contributed by atoms with Gasteiger partial charge in [0.15, 0.2) is 0 Å². The Hall–Kier alpha value is -1.10. The van der Waals surface area contributed by atoms with Gasteiger partial charge in [-0.2, -0.15) is 0 Å². The van der Waals surface area contributed by atoms with Crippen molar-refractivity contribution in [1.82, 2.24) is 5.32 Å². The minimum atomic E-state index is -0.333. The summed E-state index contributed by atoms with van der Waals surface area (Å²) in [6.45, 7) is 11.3. The molecule has 1 amide bonds. The summed E-state index contributed by atoms with van der Waals surface area (Å²) in [5.41, 5.74) is 5.41. The van der Waals surface area contributed by atoms with Crippen LogP contribution in [0.5, 0.6) is 0 Å². The SMILES string of the molecule is CC[C@H](NC[C@@H](CC(=O)OC1CCCCC1C(C)C)CC(C)C)C(N)=O. The first-order valence-corrected chi connectivity index (χ1v) is 10.5. The Bertz CT molecular complexity index is 437. The summed E-state index contributed by atoms with van der Waals surface area (Å²) in [6.07, 6.45) is 6.59. The van der Waals surface area contributed by atoms with Crippen LogP contribution in [0.25, 0.3) is 0 Å². The van der Waals surface area contributed by atoms with Crippen LogP contribution in [0.3, 0.4) is 0 Å². The minimum absolute atomic E-state index is 0.0675. The Kier molecular flexibility index (Phi) is 10.2. The summed E-state index contributed by atoms with van der Waals surface area (Å²) >= 11 is 0. The molecule has 0 aliphatic heterocycles. The highest BCUT2D eigenvalue weighted by Crippen LogP contribution is 2.32. The number of hydrogen-bond donors (Lipinski definition) is 2. The van der Waals surface area contributed by atoms with E-state index >= 15 is 0 Å². The molecular formula is C21H40N2O3. The zero-order valence-corrected chi connectivity index (χ0v) is 17.4. The second-order valence-electron chi connectivity index (χ2n) is 8.69. The quantitative estimate of drug-likeness (QED) is 0.545. The molecule has 0 spiro atoms. The molecule has 1 saturated carbocycles. The van der Waals surface area contributed by atoms with Crippen LogP contribution in [0.1, 0.15) is 79.6 Å². The third-order valence-corrected chi connectivity index (χ3v) is 5.56. The van der Waals surface area contributed by atoms with Gasteiger partial charge in [-0.25, -0.2) is 0 Å². The van der Waals surface area contributed by atoms with Gasteiger partial charge in [0, 0.05) is 6.42 Å². The molecule has 0 bridgehead atoms. The molecule has 0 aromatic heterocycles. The monoisotopic (exact) mass is 368 g/mol. The minimum Gasteiger partial charge on any atom is -0.462 e. The highest BCUT2D eigenvalue weighted by molar-refractivity contribution is 5.79. The van der Waals surface area contributed by atoms with E-state index in [1.165, 1.54) is 6.42 Å². The Morgan fingerprint density at radius 1 is 1.15 bits per heavy atom. The van der Waals surface area contributed by atoms with Gasteiger partial charge >= 0.3 is 5.97 Å². The Morgan fingerprint density at radius 3 is 2.35 bits per heavy atom. The topological polar surface area (TPSA) is 81.4 Å². The molecule has 0 saturated heterocycles. The number of primary amides is 1. The van der Waals surface area contributed by atoms with Crippen molar-refractivity contribution >= 4 is 11.9 Å². The number of amides is 1. The Morgan fingerprint density at radius 2 is 1.81 bits per heavy atom. The zero-order chi connectivity index (χ0) is 19.7. The Balaban J connectivity index is 2.59. The maximum atomic E-state index is 12.6. The van der Waals surface area contributed by atoms with E-state index in [0.29, 0.717) is 37.1 Å². The number of ether oxygens (including phenoxy) is 1. The maximum Gasteiger partial charge on any atom is 0.306 e. The molecule has 152 valence electrons. The first-order valence-electron chi connectivity index (χ1n) is 10.5. The summed E-state index contributed by atoms with van der Waals surface area (Å²) in [5, 5.41) is 3.23. The van der Waals surface area contributed by atoms with Gasteiger partial charge < -0.3 is 15.8 Å². The molecule has 26 heavy (non-hydrogen) atoms. The van der Waals surface area contributed by atoms with Gasteiger partial charge in [0.05, 0.1) is 6.04 Å². The molecule has 2 unspecified atom stereocenters. The van der Waals surface area contributed by atoms with E-state index in [2.05, 4.69) is 33.0 Å². The van der Waals surface area contributed by atoms with Crippen LogP contribution in [-0.4, -0.2) is 30.6 Å². The molecule has 5 nitrogen and oxygen atoms in total. The van der Waals surface area contributed by atoms with E-state index in [4.69, 9.17) is 10.5 Å². The number of carbonyl (C=O) groups is 2. The van der Waals surface area contributed by atoms with Crippen molar-refractivity contribution in [3.63, 3.8) is 0 Å². The van der Waals surface area contributed by atoms with Gasteiger partial charge in [-0.3, -0.25) is 9.59 Å². The lowest BCUT2D eigenvalue weighted by molar-refractivity contribution is -0.156. The average Bonchev–Trinajstić information content (AvgIpc) is 2.54. The normalized spacial score (nSPS) is 23.0. The molecule has 0 aromatic rings. The lowest BCUT2D eigenvalue weighted by Crippen LogP contribution is -2.43. The van der Waals surface area contributed by atoms with E-state index in [1.54, 1.807) is 0 Å². The maximum absolute atomic E-state index is 12.6. The van der Waals surface area contributed by atoms with Crippen LogP contribution in [0.2, 0.25) is 0 Å². The van der Waals surface area contributed by atoms with Gasteiger partial charge in [0.25, 0.3) is 0 Å². The fourth-order valence-electron chi connectivity index (χ4n) is 4.15. The van der Waals surface area contributed by atoms with Gasteiger partial charge in [-0.1, -0.05) is 41.0 Å². The van der Waals surface area contributed by atoms with Crippen molar-refractivity contribution in [3.8, 4) is 0 Å². The molecule has 1 aliphatic carbocycles. The van der Waals surface area contributed by atoms with E-state index in [-0.39, 0.29) is 29.9 Å². The van der Waals surface area contributed by atoms with Crippen LogP contribution < -0.4 is 11.1 Å². The third kappa shape index (κ3) is 8.07. The van der Waals surface area contributed by atoms with Gasteiger partial charge in [-0.15, -0.1) is 0 Å². The van der Waals surface area contributed by atoms with E-state index in [1.807, 2.05) is 6.92 Å². The molecule has 3 N–H and O–H groups in total. The van der Waals surface area contributed by atoms with Crippen molar-refractivity contribution in [3.05, 3.63) is 0 Å². The molecule has 0 aromatic carbocycles. The first kappa shape index (κ1) is 22.9. The largest absolute Gasteiger partial charge is 0.462 e. The summed E-state index contributed by atoms with van der Waals surface area (Å²) in [5.74, 6) is 1.25. The molecule has 1 aliphatic rings. The van der Waals surface area contributed by atoms with E-state index in [9.17, 15) is 9.59 Å². The number of nitrogens with two attached hydrogens (primary N) is 1. The molecule has 0 heterocycles. The predicted octanol–water partition coefficient (Wildman–Crippen LogP) is 3.65. The van der Waals surface area contributed by atoms with Crippen LogP contribution in [0, 0.1) is 23.7 Å². The van der Waals surface area contributed by atoms with Gasteiger partial charge in [0.2, 0.25) is 5.91 Å². The number of nitrogens with one attached hydrogen (secondary N) is 1. The smallest absolute Gasteiger partial charge is 0.306 e. The zero-order valence-electron chi connectivity index (χ0n) is 17.4. The van der Waals surface area contributed by atoms with Crippen LogP contribution >= 0.6 is 0 Å². The van der Waals surface area contributed by atoms with E-state index < -0.39 is 0 Å². The van der Waals surface area contributed by atoms with Crippen molar-refractivity contribution in [2.75, 3.05) is 6.54 Å². The Labute approximate surface area is 159 Å². The second-order valence-corrected chi connectivity index (χ2v) is 8.69. The second kappa shape index (κ2) is 11.6. The van der Waals surface area contributed by atoms with Crippen LogP contribution in [-0.2, 0) is 14.3 Å². The van der Waals surface area contributed by atoms with Crippen molar-refractivity contribution in [2.45, 2.75) is 91.7 Å². The lowest BCUT2D eigenvalue weighted by Gasteiger charge is -2.34. The summed E-state index contributed by atoms with van der Waals surface area (Å²) in [6, 6.07) is -0.329. The highest BCUT2D eigenvalue weighted by Gasteiger charge is 2.31. The number of rotatable bonds is 11. The summed E-state index contributed by atoms with van der Waals surface area (Å²) < 4.78 is 5.90. The van der Waals surface area contributed by atoms with Gasteiger partial charge in [-0.05, 0) is 62.3 Å². The number of esters is 1. The standard InChI is InChI=1S/C21H40N2O3/c1-6-18(21(22)25)23-13-16(11-14(2)3)12-20(24)26-19-10-8-7-9-17(19)15(4)5/h14-19,23H,6-13H2,1-5H3,(H2,22,25)/t16-,17?,18+,19?/m1/s1. The van der Waals surface area contributed by atoms with E-state index in [0.717, 1.165) is 25.7 Å². The summed E-state index contributed by atoms with van der Waals surface area (Å²) in [7, 11) is 0. The van der Waals surface area contributed by atoms with Crippen molar-refractivity contribution < 1.29 is 14.3 Å². The highest BCUT2D eigenvalue weighted by atomic mass is 16.5. The number of hydrogen-bond acceptors (Lipinski definition) is 4.